The summed E-state index contributed by atoms with van der Waals surface area (Å²) in [6.07, 6.45) is 0. The predicted molar refractivity (Wildman–Crippen MR) is 82.4 cm³/mol. The Morgan fingerprint density at radius 2 is 1.74 bits per heavy atom. The SMILES string of the molecule is COc1ccc(SCc2cc(F)c(F)cc2C(=O)O)cc1OC. The fraction of sp³-hybridized carbons (Fsp3) is 0.188. The van der Waals surface area contributed by atoms with Crippen molar-refractivity contribution in [2.45, 2.75) is 10.6 Å². The Hall–Kier alpha value is -2.28. The number of carboxylic acids is 1. The van der Waals surface area contributed by atoms with Crippen molar-refractivity contribution in [3.63, 3.8) is 0 Å². The van der Waals surface area contributed by atoms with Crippen LogP contribution in [0, 0.1) is 11.6 Å². The van der Waals surface area contributed by atoms with E-state index in [0.717, 1.165) is 11.0 Å². The van der Waals surface area contributed by atoms with E-state index < -0.39 is 17.6 Å². The molecule has 0 amide bonds. The number of methoxy groups -OCH3 is 2. The van der Waals surface area contributed by atoms with Gasteiger partial charge in [0.05, 0.1) is 19.8 Å². The van der Waals surface area contributed by atoms with Crippen molar-refractivity contribution in [3.8, 4) is 11.5 Å². The Labute approximate surface area is 136 Å². The molecule has 0 atom stereocenters. The Morgan fingerprint density at radius 3 is 2.35 bits per heavy atom. The van der Waals surface area contributed by atoms with Crippen LogP contribution in [0.4, 0.5) is 8.78 Å². The van der Waals surface area contributed by atoms with Crippen LogP contribution in [0.1, 0.15) is 15.9 Å². The summed E-state index contributed by atoms with van der Waals surface area (Å²) >= 11 is 1.28. The molecule has 2 aromatic carbocycles. The highest BCUT2D eigenvalue weighted by atomic mass is 32.2. The number of thioether (sulfide) groups is 1. The molecule has 0 radical (unpaired) electrons. The smallest absolute Gasteiger partial charge is 0.336 e. The van der Waals surface area contributed by atoms with E-state index in [2.05, 4.69) is 0 Å². The van der Waals surface area contributed by atoms with Gasteiger partial charge in [-0.2, -0.15) is 0 Å². The average Bonchev–Trinajstić information content (AvgIpc) is 2.54. The summed E-state index contributed by atoms with van der Waals surface area (Å²) in [4.78, 5) is 11.9. The van der Waals surface area contributed by atoms with Gasteiger partial charge in [0.1, 0.15) is 0 Å². The van der Waals surface area contributed by atoms with Gasteiger partial charge in [-0.1, -0.05) is 0 Å². The zero-order valence-corrected chi connectivity index (χ0v) is 13.2. The second-order valence-corrected chi connectivity index (χ2v) is 5.58. The van der Waals surface area contributed by atoms with Crippen LogP contribution in [0.25, 0.3) is 0 Å². The van der Waals surface area contributed by atoms with E-state index in [1.54, 1.807) is 18.2 Å². The van der Waals surface area contributed by atoms with Gasteiger partial charge >= 0.3 is 5.97 Å². The molecular weight excluding hydrogens is 326 g/mol. The Balaban J connectivity index is 2.24. The van der Waals surface area contributed by atoms with Crippen molar-refractivity contribution in [1.82, 2.24) is 0 Å². The number of rotatable bonds is 6. The summed E-state index contributed by atoms with van der Waals surface area (Å²) in [5, 5.41) is 9.09. The van der Waals surface area contributed by atoms with Gasteiger partial charge in [-0.3, -0.25) is 0 Å². The summed E-state index contributed by atoms with van der Waals surface area (Å²) in [5.74, 6) is -2.28. The highest BCUT2D eigenvalue weighted by molar-refractivity contribution is 7.98. The molecule has 0 saturated carbocycles. The van der Waals surface area contributed by atoms with Crippen LogP contribution in [0.15, 0.2) is 35.2 Å². The molecule has 2 rings (SSSR count). The Bertz CT molecular complexity index is 734. The van der Waals surface area contributed by atoms with Crippen LogP contribution >= 0.6 is 11.8 Å². The molecule has 0 spiro atoms. The van der Waals surface area contributed by atoms with E-state index in [0.29, 0.717) is 17.6 Å². The lowest BCUT2D eigenvalue weighted by Gasteiger charge is -2.10. The first-order chi connectivity index (χ1) is 11.0. The van der Waals surface area contributed by atoms with Gasteiger partial charge in [0.25, 0.3) is 0 Å². The molecule has 0 heterocycles. The normalized spacial score (nSPS) is 10.4. The average molecular weight is 340 g/mol. The lowest BCUT2D eigenvalue weighted by molar-refractivity contribution is 0.0695. The van der Waals surface area contributed by atoms with Crippen molar-refractivity contribution in [2.75, 3.05) is 14.2 Å². The van der Waals surface area contributed by atoms with Gasteiger partial charge in [-0.25, -0.2) is 13.6 Å². The van der Waals surface area contributed by atoms with Gasteiger partial charge in [0.2, 0.25) is 0 Å². The molecule has 0 unspecified atom stereocenters. The minimum atomic E-state index is -1.30. The number of carboxylic acid groups (broad SMARTS) is 1. The number of hydrogen-bond acceptors (Lipinski definition) is 4. The minimum Gasteiger partial charge on any atom is -0.493 e. The maximum absolute atomic E-state index is 13.4. The van der Waals surface area contributed by atoms with Crippen LogP contribution in [0.3, 0.4) is 0 Å². The molecule has 0 aromatic heterocycles. The molecule has 4 nitrogen and oxygen atoms in total. The zero-order chi connectivity index (χ0) is 17.0. The van der Waals surface area contributed by atoms with Crippen LogP contribution in [-0.4, -0.2) is 25.3 Å². The second kappa shape index (κ2) is 7.32. The molecule has 0 aliphatic heterocycles. The van der Waals surface area contributed by atoms with Gasteiger partial charge in [0, 0.05) is 10.6 Å². The first kappa shape index (κ1) is 17.1. The molecule has 1 N–H and O–H groups in total. The molecule has 23 heavy (non-hydrogen) atoms. The van der Waals surface area contributed by atoms with E-state index in [-0.39, 0.29) is 16.9 Å². The van der Waals surface area contributed by atoms with E-state index in [1.807, 2.05) is 0 Å². The van der Waals surface area contributed by atoms with Crippen LogP contribution in [0.5, 0.6) is 11.5 Å². The van der Waals surface area contributed by atoms with E-state index in [9.17, 15) is 13.6 Å². The Morgan fingerprint density at radius 1 is 1.09 bits per heavy atom. The standard InChI is InChI=1S/C16H14F2O4S/c1-21-14-4-3-10(6-15(14)22-2)23-8-9-5-12(17)13(18)7-11(9)16(19)20/h3-7H,8H2,1-2H3,(H,19,20). The monoisotopic (exact) mass is 340 g/mol. The van der Waals surface area contributed by atoms with E-state index in [4.69, 9.17) is 14.6 Å². The van der Waals surface area contributed by atoms with Gasteiger partial charge < -0.3 is 14.6 Å². The van der Waals surface area contributed by atoms with Crippen LogP contribution < -0.4 is 9.47 Å². The zero-order valence-electron chi connectivity index (χ0n) is 12.4. The highest BCUT2D eigenvalue weighted by Gasteiger charge is 2.15. The summed E-state index contributed by atoms with van der Waals surface area (Å²) < 4.78 is 36.9. The maximum atomic E-state index is 13.4. The predicted octanol–water partition coefficient (Wildman–Crippen LogP) is 3.97. The first-order valence-electron chi connectivity index (χ1n) is 6.52. The van der Waals surface area contributed by atoms with Gasteiger partial charge in [0.15, 0.2) is 23.1 Å². The number of ether oxygens (including phenoxy) is 2. The maximum Gasteiger partial charge on any atom is 0.336 e. The second-order valence-electron chi connectivity index (χ2n) is 4.53. The Kier molecular flexibility index (Phi) is 5.44. The molecule has 0 saturated heterocycles. The topological polar surface area (TPSA) is 55.8 Å². The number of halogens is 2. The summed E-state index contributed by atoms with van der Waals surface area (Å²) in [5.41, 5.74) is -0.0481. The lowest BCUT2D eigenvalue weighted by atomic mass is 10.1. The molecule has 0 aliphatic rings. The fourth-order valence-corrected chi connectivity index (χ4v) is 2.89. The number of aromatic carboxylic acids is 1. The third-order valence-electron chi connectivity index (χ3n) is 3.13. The number of hydrogen-bond donors (Lipinski definition) is 1. The molecule has 2 aromatic rings. The van der Waals surface area contributed by atoms with E-state index in [1.165, 1.54) is 26.0 Å². The largest absolute Gasteiger partial charge is 0.493 e. The number of carbonyl (C=O) groups is 1. The summed E-state index contributed by atoms with van der Waals surface area (Å²) in [6.45, 7) is 0. The highest BCUT2D eigenvalue weighted by Crippen LogP contribution is 2.33. The quantitative estimate of drug-likeness (QED) is 0.806. The molecular formula is C16H14F2O4S. The third-order valence-corrected chi connectivity index (χ3v) is 4.17. The van der Waals surface area contributed by atoms with E-state index >= 15 is 0 Å². The number of benzene rings is 2. The molecule has 0 aliphatic carbocycles. The van der Waals surface area contributed by atoms with Gasteiger partial charge in [-0.05, 0) is 35.9 Å². The van der Waals surface area contributed by atoms with Gasteiger partial charge in [-0.15, -0.1) is 11.8 Å². The lowest BCUT2D eigenvalue weighted by Crippen LogP contribution is -2.04. The third kappa shape index (κ3) is 3.92. The van der Waals surface area contributed by atoms with Crippen molar-refractivity contribution >= 4 is 17.7 Å². The summed E-state index contributed by atoms with van der Waals surface area (Å²) in [7, 11) is 3.02. The van der Waals surface area contributed by atoms with Crippen LogP contribution in [-0.2, 0) is 5.75 Å². The van der Waals surface area contributed by atoms with Crippen molar-refractivity contribution in [3.05, 3.63) is 53.1 Å². The minimum absolute atomic E-state index is 0.175. The molecule has 0 fully saturated rings. The fourth-order valence-electron chi connectivity index (χ4n) is 1.97. The molecule has 122 valence electrons. The van der Waals surface area contributed by atoms with Crippen molar-refractivity contribution < 1.29 is 28.2 Å². The van der Waals surface area contributed by atoms with Crippen molar-refractivity contribution in [1.29, 1.82) is 0 Å². The van der Waals surface area contributed by atoms with Crippen LogP contribution in [0.2, 0.25) is 0 Å². The molecule has 0 bridgehead atoms. The summed E-state index contributed by atoms with van der Waals surface area (Å²) in [6, 6.07) is 6.81. The first-order valence-corrected chi connectivity index (χ1v) is 7.51. The van der Waals surface area contributed by atoms with Crippen molar-refractivity contribution in [2.24, 2.45) is 0 Å². The molecule has 7 heteroatoms.